The largest absolute Gasteiger partial charge is 0.310 e. The molecular weight excluding hydrogens is 695 g/mol. The Morgan fingerprint density at radius 1 is 0.375 bits per heavy atom. The van der Waals surface area contributed by atoms with Gasteiger partial charge in [-0.1, -0.05) is 161 Å². The summed E-state index contributed by atoms with van der Waals surface area (Å²) in [6, 6.07) is 65.7. The molecule has 1 heterocycles. The minimum atomic E-state index is -0.0929. The molecule has 2 aliphatic carbocycles. The van der Waals surface area contributed by atoms with Crippen LogP contribution >= 0.6 is 11.3 Å². The maximum Gasteiger partial charge on any atom is 0.0543 e. The van der Waals surface area contributed by atoms with Crippen LogP contribution in [-0.2, 0) is 10.8 Å². The molecule has 56 heavy (non-hydrogen) atoms. The van der Waals surface area contributed by atoms with Crippen molar-refractivity contribution in [2.24, 2.45) is 0 Å². The predicted octanol–water partition coefficient (Wildman–Crippen LogP) is 15.5. The lowest BCUT2D eigenvalue weighted by Crippen LogP contribution is -2.16. The Morgan fingerprint density at radius 2 is 0.875 bits per heavy atom. The van der Waals surface area contributed by atoms with E-state index in [-0.39, 0.29) is 10.8 Å². The van der Waals surface area contributed by atoms with Gasteiger partial charge in [0.25, 0.3) is 0 Å². The summed E-state index contributed by atoms with van der Waals surface area (Å²) in [5.74, 6) is 0. The second-order valence-electron chi connectivity index (χ2n) is 16.5. The number of benzene rings is 8. The smallest absolute Gasteiger partial charge is 0.0543 e. The average molecular weight is 736 g/mol. The van der Waals surface area contributed by atoms with Crippen LogP contribution in [0.15, 0.2) is 176 Å². The van der Waals surface area contributed by atoms with Crippen molar-refractivity contribution >= 4 is 48.6 Å². The van der Waals surface area contributed by atoms with Crippen molar-refractivity contribution < 1.29 is 0 Å². The molecule has 0 atom stereocenters. The maximum absolute atomic E-state index is 2.47. The third kappa shape index (κ3) is 4.79. The fraction of sp³-hybridized carbons (Fsp3) is 0.111. The molecule has 1 aromatic heterocycles. The normalized spacial score (nSPS) is 14.4. The first-order valence-corrected chi connectivity index (χ1v) is 20.5. The molecule has 2 aliphatic rings. The first kappa shape index (κ1) is 33.1. The summed E-state index contributed by atoms with van der Waals surface area (Å²) in [4.78, 5) is 2.47. The van der Waals surface area contributed by atoms with Gasteiger partial charge in [-0.05, 0) is 104 Å². The van der Waals surface area contributed by atoms with Crippen LogP contribution in [0.1, 0.15) is 49.9 Å². The maximum atomic E-state index is 2.47. The van der Waals surface area contributed by atoms with E-state index in [4.69, 9.17) is 0 Å². The summed E-state index contributed by atoms with van der Waals surface area (Å²) in [5.41, 5.74) is 19.2. The van der Waals surface area contributed by atoms with Crippen LogP contribution in [0.4, 0.5) is 17.1 Å². The SMILES string of the molecule is CC1(C)c2ccccc2-c2c(-c3ccc(N(c4ccc(-c5ccc6c(c5)sc5ccccc56)cc4)c4cccc5c4-c4ccccc4C5(C)C)cc3)cccc21. The first-order chi connectivity index (χ1) is 27.3. The zero-order valence-electron chi connectivity index (χ0n) is 32.1. The summed E-state index contributed by atoms with van der Waals surface area (Å²) >= 11 is 1.87. The standard InChI is InChI=1S/C54H41NS/c1-53(2)44-17-8-5-14-42(44)51-39(16-11-19-46(51)53)35-25-30-38(31-26-35)55(48-21-12-20-47-52(48)43-15-6-9-18-45(43)54(47,3)4)37-28-23-34(24-29-37)36-27-32-41-40-13-7-10-22-49(40)56-50(41)33-36/h5-33H,1-4H3. The summed E-state index contributed by atoms with van der Waals surface area (Å²) in [7, 11) is 0. The molecule has 0 spiro atoms. The zero-order chi connectivity index (χ0) is 37.8. The monoisotopic (exact) mass is 735 g/mol. The van der Waals surface area contributed by atoms with Crippen molar-refractivity contribution in [1.82, 2.24) is 0 Å². The number of nitrogens with zero attached hydrogens (tertiary/aromatic N) is 1. The van der Waals surface area contributed by atoms with Crippen molar-refractivity contribution in [1.29, 1.82) is 0 Å². The van der Waals surface area contributed by atoms with E-state index in [1.54, 1.807) is 0 Å². The summed E-state index contributed by atoms with van der Waals surface area (Å²) in [5, 5.41) is 2.66. The minimum Gasteiger partial charge on any atom is -0.310 e. The van der Waals surface area contributed by atoms with Gasteiger partial charge >= 0.3 is 0 Å². The van der Waals surface area contributed by atoms with Gasteiger partial charge in [0.1, 0.15) is 0 Å². The molecule has 0 bridgehead atoms. The summed E-state index contributed by atoms with van der Waals surface area (Å²) in [6.45, 7) is 9.43. The van der Waals surface area contributed by atoms with E-state index in [1.165, 1.54) is 92.6 Å². The van der Waals surface area contributed by atoms with Gasteiger partial charge in [-0.15, -0.1) is 11.3 Å². The number of hydrogen-bond donors (Lipinski definition) is 0. The molecule has 0 saturated carbocycles. The number of rotatable bonds is 5. The molecule has 0 unspecified atom stereocenters. The quantitative estimate of drug-likeness (QED) is 0.170. The van der Waals surface area contributed by atoms with E-state index in [2.05, 4.69) is 209 Å². The highest BCUT2D eigenvalue weighted by Gasteiger charge is 2.38. The lowest BCUT2D eigenvalue weighted by Gasteiger charge is -2.29. The third-order valence-corrected chi connectivity index (χ3v) is 13.8. The topological polar surface area (TPSA) is 3.24 Å². The van der Waals surface area contributed by atoms with Gasteiger partial charge in [0.2, 0.25) is 0 Å². The van der Waals surface area contributed by atoms with Crippen LogP contribution in [-0.4, -0.2) is 0 Å². The van der Waals surface area contributed by atoms with Gasteiger partial charge in [-0.3, -0.25) is 0 Å². The average Bonchev–Trinajstić information content (AvgIpc) is 3.81. The van der Waals surface area contributed by atoms with Crippen LogP contribution in [0.3, 0.4) is 0 Å². The second-order valence-corrected chi connectivity index (χ2v) is 17.6. The van der Waals surface area contributed by atoms with E-state index in [9.17, 15) is 0 Å². The second kappa shape index (κ2) is 12.1. The molecule has 0 saturated heterocycles. The van der Waals surface area contributed by atoms with E-state index < -0.39 is 0 Å². The molecule has 8 aromatic carbocycles. The predicted molar refractivity (Wildman–Crippen MR) is 240 cm³/mol. The molecule has 2 heteroatoms. The van der Waals surface area contributed by atoms with Gasteiger partial charge in [0.15, 0.2) is 0 Å². The number of anilines is 3. The highest BCUT2D eigenvalue weighted by Crippen LogP contribution is 2.55. The van der Waals surface area contributed by atoms with Crippen molar-refractivity contribution in [2.75, 3.05) is 4.90 Å². The molecule has 268 valence electrons. The number of thiophene rings is 1. The van der Waals surface area contributed by atoms with Crippen LogP contribution in [0.2, 0.25) is 0 Å². The van der Waals surface area contributed by atoms with E-state index in [0.29, 0.717) is 0 Å². The summed E-state index contributed by atoms with van der Waals surface area (Å²) < 4.78 is 2.66. The lowest BCUT2D eigenvalue weighted by molar-refractivity contribution is 0.660. The molecule has 0 radical (unpaired) electrons. The van der Waals surface area contributed by atoms with E-state index in [0.717, 1.165) is 11.4 Å². The van der Waals surface area contributed by atoms with Gasteiger partial charge in [-0.2, -0.15) is 0 Å². The lowest BCUT2D eigenvalue weighted by atomic mass is 9.82. The molecular formula is C54H41NS. The van der Waals surface area contributed by atoms with Crippen molar-refractivity contribution in [2.45, 2.75) is 38.5 Å². The van der Waals surface area contributed by atoms with E-state index in [1.807, 2.05) is 11.3 Å². The molecule has 0 amide bonds. The Bertz CT molecular complexity index is 3010. The van der Waals surface area contributed by atoms with Crippen molar-refractivity contribution in [3.05, 3.63) is 198 Å². The Morgan fingerprint density at radius 3 is 1.57 bits per heavy atom. The van der Waals surface area contributed by atoms with Gasteiger partial charge in [0.05, 0.1) is 5.69 Å². The fourth-order valence-electron chi connectivity index (χ4n) is 9.84. The fourth-order valence-corrected chi connectivity index (χ4v) is 11.0. The number of hydrogen-bond acceptors (Lipinski definition) is 2. The van der Waals surface area contributed by atoms with Crippen LogP contribution in [0.25, 0.3) is 64.7 Å². The highest BCUT2D eigenvalue weighted by atomic mass is 32.1. The van der Waals surface area contributed by atoms with Crippen molar-refractivity contribution in [3.8, 4) is 44.5 Å². The molecule has 0 aliphatic heterocycles. The van der Waals surface area contributed by atoms with Crippen LogP contribution in [0, 0.1) is 0 Å². The zero-order valence-corrected chi connectivity index (χ0v) is 32.9. The van der Waals surface area contributed by atoms with E-state index >= 15 is 0 Å². The molecule has 0 fully saturated rings. The molecule has 0 N–H and O–H groups in total. The van der Waals surface area contributed by atoms with Crippen molar-refractivity contribution in [3.63, 3.8) is 0 Å². The molecule has 11 rings (SSSR count). The third-order valence-electron chi connectivity index (χ3n) is 12.7. The van der Waals surface area contributed by atoms with Gasteiger partial charge in [0, 0.05) is 47.9 Å². The Balaban J connectivity index is 1.05. The van der Waals surface area contributed by atoms with Gasteiger partial charge < -0.3 is 4.90 Å². The number of fused-ring (bicyclic) bond motifs is 9. The van der Waals surface area contributed by atoms with Crippen LogP contribution in [0.5, 0.6) is 0 Å². The Kier molecular flexibility index (Phi) is 7.18. The summed E-state index contributed by atoms with van der Waals surface area (Å²) in [6.07, 6.45) is 0. The molecule has 9 aromatic rings. The van der Waals surface area contributed by atoms with Crippen LogP contribution < -0.4 is 4.90 Å². The minimum absolute atomic E-state index is 0.0355. The first-order valence-electron chi connectivity index (χ1n) is 19.7. The van der Waals surface area contributed by atoms with Gasteiger partial charge in [-0.25, -0.2) is 0 Å². The Labute approximate surface area is 333 Å². The highest BCUT2D eigenvalue weighted by molar-refractivity contribution is 7.25. The molecule has 1 nitrogen and oxygen atoms in total. The Hall–Kier alpha value is -6.22.